The Kier molecular flexibility index (Phi) is 2.79. The monoisotopic (exact) mass is 350 g/mol. The average Bonchev–Trinajstić information content (AvgIpc) is 2.85. The van der Waals surface area contributed by atoms with E-state index in [0.717, 1.165) is 12.8 Å². The lowest BCUT2D eigenvalue weighted by atomic mass is 9.48. The van der Waals surface area contributed by atoms with Gasteiger partial charge in [-0.15, -0.1) is 0 Å². The number of nitrogens with one attached hydrogen (secondary N) is 1. The predicted molar refractivity (Wildman–Crippen MR) is 87.3 cm³/mol. The highest BCUT2D eigenvalue weighted by Gasteiger charge is 2.83. The minimum Gasteiger partial charge on any atom is -0.447 e. The Morgan fingerprint density at radius 2 is 1.88 bits per heavy atom. The van der Waals surface area contributed by atoms with Crippen molar-refractivity contribution >= 4 is 11.7 Å². The molecule has 1 aliphatic carbocycles. The zero-order chi connectivity index (χ0) is 18.2. The van der Waals surface area contributed by atoms with Crippen molar-refractivity contribution in [2.24, 2.45) is 21.7 Å². The van der Waals surface area contributed by atoms with Gasteiger partial charge in [-0.25, -0.2) is 4.39 Å². The third kappa shape index (κ3) is 1.42. The van der Waals surface area contributed by atoms with E-state index >= 15 is 0 Å². The molecule has 1 spiro atoms. The van der Waals surface area contributed by atoms with E-state index in [1.165, 1.54) is 12.1 Å². The molecule has 0 aromatic heterocycles. The molecule has 0 unspecified atom stereocenters. The van der Waals surface area contributed by atoms with Crippen molar-refractivity contribution in [2.75, 3.05) is 0 Å². The fourth-order valence-electron chi connectivity index (χ4n) is 5.26. The summed E-state index contributed by atoms with van der Waals surface area (Å²) in [7, 11) is 0. The van der Waals surface area contributed by atoms with Crippen molar-refractivity contribution in [3.8, 4) is 12.1 Å². The lowest BCUT2D eigenvalue weighted by Crippen LogP contribution is -2.72. The molecule has 4 fully saturated rings. The number of aliphatic imine (C=N–C) groups is 1. The number of hydrogen-bond donors (Lipinski definition) is 1. The van der Waals surface area contributed by atoms with Crippen molar-refractivity contribution in [1.29, 1.82) is 15.9 Å². The average molecular weight is 350 g/mol. The van der Waals surface area contributed by atoms with Crippen molar-refractivity contribution < 1.29 is 13.9 Å². The number of fused-ring (bicyclic) bond motifs is 1. The van der Waals surface area contributed by atoms with E-state index in [1.807, 2.05) is 0 Å². The molecular formula is C19H15FN4O2. The number of amidine groups is 1. The van der Waals surface area contributed by atoms with Crippen LogP contribution in [0.3, 0.4) is 0 Å². The lowest BCUT2D eigenvalue weighted by molar-refractivity contribution is -0.355. The van der Waals surface area contributed by atoms with Crippen LogP contribution in [0.2, 0.25) is 0 Å². The number of nitrogens with zero attached hydrogens (tertiary/aromatic N) is 3. The van der Waals surface area contributed by atoms with E-state index in [-0.39, 0.29) is 11.7 Å². The van der Waals surface area contributed by atoms with E-state index < -0.39 is 34.5 Å². The third-order valence-electron chi connectivity index (χ3n) is 6.37. The number of nitriles is 2. The SMILES string of the molecule is N#C[C@@]12C3=NC(=N)[C@@]1(C#N)[C@H]1CCCC[C@@]1(O3)O[C@@H]2c1ccc(F)cc1. The maximum Gasteiger partial charge on any atom is 0.218 e. The van der Waals surface area contributed by atoms with Crippen molar-refractivity contribution in [3.63, 3.8) is 0 Å². The molecule has 3 saturated heterocycles. The number of benzene rings is 1. The van der Waals surface area contributed by atoms with Gasteiger partial charge in [-0.2, -0.15) is 15.5 Å². The Labute approximate surface area is 149 Å². The van der Waals surface area contributed by atoms with Crippen LogP contribution in [0.5, 0.6) is 0 Å². The Bertz CT molecular complexity index is 946. The summed E-state index contributed by atoms with van der Waals surface area (Å²) in [5.74, 6) is -1.90. The van der Waals surface area contributed by atoms with E-state index in [9.17, 15) is 14.9 Å². The first-order chi connectivity index (χ1) is 12.5. The van der Waals surface area contributed by atoms with Crippen LogP contribution in [0.25, 0.3) is 0 Å². The van der Waals surface area contributed by atoms with Gasteiger partial charge in [0.25, 0.3) is 0 Å². The van der Waals surface area contributed by atoms with Crippen molar-refractivity contribution in [3.05, 3.63) is 35.6 Å². The minimum atomic E-state index is -1.53. The Balaban J connectivity index is 1.80. The van der Waals surface area contributed by atoms with Gasteiger partial charge in [0.1, 0.15) is 17.8 Å². The number of halogens is 1. The van der Waals surface area contributed by atoms with Crippen LogP contribution in [0.4, 0.5) is 4.39 Å². The molecule has 4 bridgehead atoms. The van der Waals surface area contributed by atoms with Crippen LogP contribution >= 0.6 is 0 Å². The second-order valence-corrected chi connectivity index (χ2v) is 7.37. The largest absolute Gasteiger partial charge is 0.447 e. The van der Waals surface area contributed by atoms with Gasteiger partial charge in [0.2, 0.25) is 11.7 Å². The summed E-state index contributed by atoms with van der Waals surface area (Å²) in [6.07, 6.45) is 2.13. The van der Waals surface area contributed by atoms with Gasteiger partial charge in [0.05, 0.1) is 18.1 Å². The van der Waals surface area contributed by atoms with Crippen LogP contribution in [-0.4, -0.2) is 17.5 Å². The molecule has 26 heavy (non-hydrogen) atoms. The number of hydrogen-bond acceptors (Lipinski definition) is 5. The standard InChI is InChI=1S/C19H15FN4O2/c20-12-6-4-11(5-7-12)14-18(10-22)16-24-15(23)17(18,9-21)13-3-1-2-8-19(13,25-14)26-16/h4-7,13-14,23H,1-3,8H2/t13-,14-,17-,18-,19+/m1/s1. The Hall–Kier alpha value is -2.77. The summed E-state index contributed by atoms with van der Waals surface area (Å²) in [4.78, 5) is 4.21. The minimum absolute atomic E-state index is 0.102. The molecule has 0 amide bonds. The lowest BCUT2D eigenvalue weighted by Gasteiger charge is -2.63. The van der Waals surface area contributed by atoms with Crippen LogP contribution < -0.4 is 0 Å². The molecule has 0 radical (unpaired) electrons. The molecule has 4 aliphatic heterocycles. The fraction of sp³-hybridized carbons (Fsp3) is 0.474. The highest BCUT2D eigenvalue weighted by Crippen LogP contribution is 2.72. The van der Waals surface area contributed by atoms with Gasteiger partial charge in [-0.3, -0.25) is 5.41 Å². The van der Waals surface area contributed by atoms with E-state index in [2.05, 4.69) is 17.1 Å². The molecule has 130 valence electrons. The second kappa shape index (κ2) is 4.69. The third-order valence-corrected chi connectivity index (χ3v) is 6.37. The molecule has 7 heteroatoms. The Morgan fingerprint density at radius 1 is 1.15 bits per heavy atom. The van der Waals surface area contributed by atoms with Gasteiger partial charge in [0.15, 0.2) is 10.8 Å². The van der Waals surface area contributed by atoms with Gasteiger partial charge in [0, 0.05) is 6.42 Å². The molecule has 1 N–H and O–H groups in total. The maximum atomic E-state index is 13.4. The van der Waals surface area contributed by atoms with E-state index in [4.69, 9.17) is 14.9 Å². The second-order valence-electron chi connectivity index (χ2n) is 7.37. The van der Waals surface area contributed by atoms with Gasteiger partial charge >= 0.3 is 0 Å². The summed E-state index contributed by atoms with van der Waals surface area (Å²) < 4.78 is 25.8. The van der Waals surface area contributed by atoms with E-state index in [1.54, 1.807) is 12.1 Å². The number of rotatable bonds is 1. The first kappa shape index (κ1) is 15.5. The molecule has 4 heterocycles. The summed E-state index contributed by atoms with van der Waals surface area (Å²) in [5, 5.41) is 28.9. The van der Waals surface area contributed by atoms with E-state index in [0.29, 0.717) is 18.4 Å². The molecule has 5 atom stereocenters. The molecule has 1 aromatic carbocycles. The van der Waals surface area contributed by atoms with Gasteiger partial charge in [-0.05, 0) is 30.5 Å². The van der Waals surface area contributed by atoms with Gasteiger partial charge in [-0.1, -0.05) is 18.6 Å². The summed E-state index contributed by atoms with van der Waals surface area (Å²) >= 11 is 0. The first-order valence-electron chi connectivity index (χ1n) is 8.67. The molecule has 6 nitrogen and oxygen atoms in total. The Morgan fingerprint density at radius 3 is 2.58 bits per heavy atom. The normalized spacial score (nSPS) is 42.3. The summed E-state index contributed by atoms with van der Waals surface area (Å²) in [5.41, 5.74) is -2.35. The topological polar surface area (TPSA) is 102 Å². The van der Waals surface area contributed by atoms with Crippen LogP contribution in [0.1, 0.15) is 37.4 Å². The smallest absolute Gasteiger partial charge is 0.218 e. The maximum absolute atomic E-state index is 13.4. The first-order valence-corrected chi connectivity index (χ1v) is 8.67. The molecule has 1 saturated carbocycles. The zero-order valence-corrected chi connectivity index (χ0v) is 13.8. The molecular weight excluding hydrogens is 335 g/mol. The highest BCUT2D eigenvalue weighted by molar-refractivity contribution is 6.12. The summed E-state index contributed by atoms with van der Waals surface area (Å²) in [6, 6.07) is 10.3. The van der Waals surface area contributed by atoms with Crippen LogP contribution in [0, 0.1) is 50.6 Å². The molecule has 1 aromatic rings. The van der Waals surface area contributed by atoms with Gasteiger partial charge < -0.3 is 9.47 Å². The van der Waals surface area contributed by atoms with Crippen molar-refractivity contribution in [1.82, 2.24) is 0 Å². The highest BCUT2D eigenvalue weighted by atomic mass is 19.1. The predicted octanol–water partition coefficient (Wildman–Crippen LogP) is 3.22. The summed E-state index contributed by atoms with van der Waals surface area (Å²) in [6.45, 7) is 0. The zero-order valence-electron chi connectivity index (χ0n) is 13.8. The van der Waals surface area contributed by atoms with Crippen LogP contribution in [0.15, 0.2) is 29.3 Å². The van der Waals surface area contributed by atoms with Crippen LogP contribution in [-0.2, 0) is 9.47 Å². The quantitative estimate of drug-likeness (QED) is 0.840. The number of ether oxygens (including phenoxy) is 2. The molecule has 6 rings (SSSR count). The van der Waals surface area contributed by atoms with Crippen molar-refractivity contribution in [2.45, 2.75) is 37.6 Å². The fourth-order valence-corrected chi connectivity index (χ4v) is 5.26. The molecule has 5 aliphatic rings.